The Morgan fingerprint density at radius 3 is 3.00 bits per heavy atom. The van der Waals surface area contributed by atoms with Gasteiger partial charge < -0.3 is 14.6 Å². The topological polar surface area (TPSA) is 82.3 Å². The van der Waals surface area contributed by atoms with Crippen LogP contribution in [-0.4, -0.2) is 43.9 Å². The average Bonchev–Trinajstić information content (AvgIpc) is 3.28. The van der Waals surface area contributed by atoms with Crippen LogP contribution < -0.4 is 4.74 Å². The second kappa shape index (κ2) is 6.78. The molecular formula is C18H20N4O3. The molecule has 1 aromatic carbocycles. The van der Waals surface area contributed by atoms with Crippen molar-refractivity contribution in [3.8, 4) is 17.0 Å². The van der Waals surface area contributed by atoms with Gasteiger partial charge in [-0.3, -0.25) is 4.57 Å². The maximum Gasteiger partial charge on any atom is 0.165 e. The maximum atomic E-state index is 9.27. The number of benzene rings is 1. The molecule has 3 aromatic rings. The molecule has 2 atom stereocenters. The molecule has 7 nitrogen and oxygen atoms in total. The second-order valence-electron chi connectivity index (χ2n) is 5.98. The second-order valence-corrected chi connectivity index (χ2v) is 5.98. The Hall–Kier alpha value is -2.51. The summed E-state index contributed by atoms with van der Waals surface area (Å²) in [6, 6.07) is 7.80. The van der Waals surface area contributed by atoms with Crippen molar-refractivity contribution in [2.75, 3.05) is 13.2 Å². The van der Waals surface area contributed by atoms with Crippen LogP contribution in [0.1, 0.15) is 26.0 Å². The normalized spacial score (nSPS) is 20.2. The molecule has 0 radical (unpaired) electrons. The lowest BCUT2D eigenvalue weighted by atomic mass is 10.1. The van der Waals surface area contributed by atoms with Crippen LogP contribution in [0.3, 0.4) is 0 Å². The summed E-state index contributed by atoms with van der Waals surface area (Å²) in [7, 11) is 0. The number of ether oxygens (including phenoxy) is 2. The predicted octanol–water partition coefficient (Wildman–Crippen LogP) is 2.56. The van der Waals surface area contributed by atoms with Crippen molar-refractivity contribution in [1.82, 2.24) is 19.5 Å². The van der Waals surface area contributed by atoms with Gasteiger partial charge in [0.1, 0.15) is 29.5 Å². The molecule has 1 aliphatic heterocycles. The molecule has 0 amide bonds. The van der Waals surface area contributed by atoms with E-state index in [1.807, 2.05) is 35.8 Å². The van der Waals surface area contributed by atoms with E-state index < -0.39 is 0 Å². The van der Waals surface area contributed by atoms with E-state index >= 15 is 0 Å². The first kappa shape index (κ1) is 16.0. The highest BCUT2D eigenvalue weighted by atomic mass is 16.5. The van der Waals surface area contributed by atoms with E-state index in [0.717, 1.165) is 41.0 Å². The standard InChI is InChI=1S/C18H20N4O3/c1-2-24-13-5-3-4-12(8-13)16-17-18(20-10-19-16)22(11-21-17)15-7-6-14(9-23)25-15/h3-5,8,10-11,14-15,23H,2,6-7,9H2,1H3. The van der Waals surface area contributed by atoms with E-state index in [-0.39, 0.29) is 18.9 Å². The molecule has 0 saturated carbocycles. The zero-order valence-corrected chi connectivity index (χ0v) is 14.0. The number of fused-ring (bicyclic) bond motifs is 1. The first-order valence-corrected chi connectivity index (χ1v) is 8.47. The summed E-state index contributed by atoms with van der Waals surface area (Å²) in [6.07, 6.45) is 4.66. The van der Waals surface area contributed by atoms with Gasteiger partial charge >= 0.3 is 0 Å². The van der Waals surface area contributed by atoms with Crippen LogP contribution in [0.25, 0.3) is 22.4 Å². The van der Waals surface area contributed by atoms with Crippen molar-refractivity contribution in [3.63, 3.8) is 0 Å². The predicted molar refractivity (Wildman–Crippen MR) is 92.2 cm³/mol. The zero-order valence-electron chi connectivity index (χ0n) is 14.0. The first-order valence-electron chi connectivity index (χ1n) is 8.47. The summed E-state index contributed by atoms with van der Waals surface area (Å²) in [5.41, 5.74) is 3.16. The molecule has 2 unspecified atom stereocenters. The molecule has 0 spiro atoms. The van der Waals surface area contributed by atoms with E-state index in [0.29, 0.717) is 6.61 Å². The van der Waals surface area contributed by atoms with E-state index in [4.69, 9.17) is 9.47 Å². The highest BCUT2D eigenvalue weighted by Gasteiger charge is 2.27. The van der Waals surface area contributed by atoms with Gasteiger partial charge in [0.15, 0.2) is 5.65 Å². The van der Waals surface area contributed by atoms with Crippen molar-refractivity contribution >= 4 is 11.2 Å². The van der Waals surface area contributed by atoms with E-state index in [1.54, 1.807) is 12.7 Å². The number of hydrogen-bond donors (Lipinski definition) is 1. The quantitative estimate of drug-likeness (QED) is 0.769. The van der Waals surface area contributed by atoms with Gasteiger partial charge in [-0.15, -0.1) is 0 Å². The molecule has 7 heteroatoms. The SMILES string of the molecule is CCOc1cccc(-c2ncnc3c2ncn3C2CCC(CO)O2)c1. The molecule has 0 bridgehead atoms. The van der Waals surface area contributed by atoms with Crippen molar-refractivity contribution in [1.29, 1.82) is 0 Å². The lowest BCUT2D eigenvalue weighted by Gasteiger charge is -2.14. The summed E-state index contributed by atoms with van der Waals surface area (Å²) in [5, 5.41) is 9.27. The van der Waals surface area contributed by atoms with Crippen LogP contribution in [0.4, 0.5) is 0 Å². The molecule has 2 aromatic heterocycles. The number of hydrogen-bond acceptors (Lipinski definition) is 6. The zero-order chi connectivity index (χ0) is 17.2. The number of imidazole rings is 1. The summed E-state index contributed by atoms with van der Waals surface area (Å²) in [6.45, 7) is 2.61. The Morgan fingerprint density at radius 2 is 2.20 bits per heavy atom. The molecular weight excluding hydrogens is 320 g/mol. The van der Waals surface area contributed by atoms with Crippen molar-refractivity contribution in [2.45, 2.75) is 32.1 Å². The molecule has 1 fully saturated rings. The van der Waals surface area contributed by atoms with E-state index in [9.17, 15) is 5.11 Å². The lowest BCUT2D eigenvalue weighted by molar-refractivity contribution is -0.0207. The first-order chi connectivity index (χ1) is 12.3. The molecule has 130 valence electrons. The van der Waals surface area contributed by atoms with Gasteiger partial charge in [0.05, 0.1) is 25.6 Å². The smallest absolute Gasteiger partial charge is 0.165 e. The minimum Gasteiger partial charge on any atom is -0.494 e. The van der Waals surface area contributed by atoms with Crippen molar-refractivity contribution in [2.24, 2.45) is 0 Å². The van der Waals surface area contributed by atoms with Gasteiger partial charge in [0, 0.05) is 5.56 Å². The van der Waals surface area contributed by atoms with Crippen LogP contribution in [0, 0.1) is 0 Å². The fourth-order valence-electron chi connectivity index (χ4n) is 3.20. The van der Waals surface area contributed by atoms with Gasteiger partial charge in [-0.2, -0.15) is 0 Å². The minimum atomic E-state index is -0.153. The number of aliphatic hydroxyl groups excluding tert-OH is 1. The fourth-order valence-corrected chi connectivity index (χ4v) is 3.20. The van der Waals surface area contributed by atoms with Crippen LogP contribution in [0.2, 0.25) is 0 Å². The Balaban J connectivity index is 1.73. The van der Waals surface area contributed by atoms with Gasteiger partial charge in [-0.25, -0.2) is 15.0 Å². The van der Waals surface area contributed by atoms with Crippen LogP contribution in [0.15, 0.2) is 36.9 Å². The largest absolute Gasteiger partial charge is 0.494 e. The Morgan fingerprint density at radius 1 is 1.28 bits per heavy atom. The monoisotopic (exact) mass is 340 g/mol. The van der Waals surface area contributed by atoms with E-state index in [1.165, 1.54) is 0 Å². The highest BCUT2D eigenvalue weighted by Crippen LogP contribution is 2.32. The van der Waals surface area contributed by atoms with E-state index in [2.05, 4.69) is 15.0 Å². The van der Waals surface area contributed by atoms with Crippen molar-refractivity contribution < 1.29 is 14.6 Å². The maximum absolute atomic E-state index is 9.27. The third-order valence-corrected chi connectivity index (χ3v) is 4.38. The van der Waals surface area contributed by atoms with Crippen LogP contribution in [-0.2, 0) is 4.74 Å². The lowest BCUT2D eigenvalue weighted by Crippen LogP contribution is -2.14. The summed E-state index contributed by atoms with van der Waals surface area (Å²) >= 11 is 0. The number of rotatable bonds is 5. The summed E-state index contributed by atoms with van der Waals surface area (Å²) < 4.78 is 13.3. The average molecular weight is 340 g/mol. The Bertz CT molecular complexity index is 880. The van der Waals surface area contributed by atoms with Gasteiger partial charge in [0.25, 0.3) is 0 Å². The minimum absolute atomic E-state index is 0.0353. The van der Waals surface area contributed by atoms with Gasteiger partial charge in [-0.1, -0.05) is 12.1 Å². The fraction of sp³-hybridized carbons (Fsp3) is 0.389. The third-order valence-electron chi connectivity index (χ3n) is 4.38. The molecule has 1 N–H and O–H groups in total. The third kappa shape index (κ3) is 2.96. The van der Waals surface area contributed by atoms with Gasteiger partial charge in [0.2, 0.25) is 0 Å². The molecule has 25 heavy (non-hydrogen) atoms. The molecule has 4 rings (SSSR count). The number of nitrogens with zero attached hydrogens (tertiary/aromatic N) is 4. The molecule has 3 heterocycles. The number of aromatic nitrogens is 4. The summed E-state index contributed by atoms with van der Waals surface area (Å²) in [4.78, 5) is 13.3. The molecule has 1 saturated heterocycles. The van der Waals surface area contributed by atoms with Gasteiger partial charge in [-0.05, 0) is 31.9 Å². The van der Waals surface area contributed by atoms with Crippen LogP contribution in [0.5, 0.6) is 5.75 Å². The van der Waals surface area contributed by atoms with Crippen molar-refractivity contribution in [3.05, 3.63) is 36.9 Å². The molecule has 0 aliphatic carbocycles. The number of aliphatic hydroxyl groups is 1. The Kier molecular flexibility index (Phi) is 4.33. The molecule has 1 aliphatic rings. The highest BCUT2D eigenvalue weighted by molar-refractivity contribution is 5.87. The van der Waals surface area contributed by atoms with Crippen LogP contribution >= 0.6 is 0 Å². The Labute approximate surface area is 145 Å². The summed E-state index contributed by atoms with van der Waals surface area (Å²) in [5.74, 6) is 0.802.